The van der Waals surface area contributed by atoms with Crippen molar-refractivity contribution in [2.45, 2.75) is 6.29 Å². The highest BCUT2D eigenvalue weighted by atomic mass is 32.3. The van der Waals surface area contributed by atoms with E-state index < -0.39 is 23.3 Å². The molecule has 0 spiro atoms. The quantitative estimate of drug-likeness (QED) is 0.328. The lowest BCUT2D eigenvalue weighted by atomic mass is 10.7. The van der Waals surface area contributed by atoms with Gasteiger partial charge < -0.3 is 10.2 Å². The van der Waals surface area contributed by atoms with Crippen LogP contribution in [0, 0.1) is 0 Å². The van der Waals surface area contributed by atoms with Crippen LogP contribution in [0.1, 0.15) is 0 Å². The number of hydrogen-bond acceptors (Lipinski definition) is 5. The molecule has 0 rings (SSSR count). The molecule has 0 saturated carbocycles. The van der Waals surface area contributed by atoms with Crippen LogP contribution in [0.25, 0.3) is 0 Å². The van der Waals surface area contributed by atoms with Gasteiger partial charge in [0.2, 0.25) is 0 Å². The molecule has 0 radical (unpaired) electrons. The van der Waals surface area contributed by atoms with Crippen molar-refractivity contribution in [3.05, 3.63) is 0 Å². The first kappa shape index (κ1) is 8.79. The average molecular weight is 158 g/mol. The molecule has 0 aliphatic heterocycles. The summed E-state index contributed by atoms with van der Waals surface area (Å²) in [6.45, 7) is -0.889. The molecular weight excluding hydrogens is 152 g/mol. The maximum absolute atomic E-state index is 9.66. The Hall–Kier alpha value is -0.210. The molecule has 3 N–H and O–H groups in total. The van der Waals surface area contributed by atoms with Gasteiger partial charge >= 0.3 is 10.4 Å². The second-order valence-corrected chi connectivity index (χ2v) is 2.21. The van der Waals surface area contributed by atoms with Gasteiger partial charge in [0, 0.05) is 0 Å². The summed E-state index contributed by atoms with van der Waals surface area (Å²) >= 11 is 0. The Bertz CT molecular complexity index is 158. The Balaban J connectivity index is 3.75. The van der Waals surface area contributed by atoms with E-state index in [9.17, 15) is 8.42 Å². The highest BCUT2D eigenvalue weighted by Gasteiger charge is 2.11. The first-order chi connectivity index (χ1) is 3.95. The van der Waals surface area contributed by atoms with Crippen molar-refractivity contribution in [3.63, 3.8) is 0 Å². The Morgan fingerprint density at radius 3 is 2.11 bits per heavy atom. The summed E-state index contributed by atoms with van der Waals surface area (Å²) in [5, 5.41) is 16.1. The van der Waals surface area contributed by atoms with Crippen LogP contribution < -0.4 is 0 Å². The van der Waals surface area contributed by atoms with Crippen molar-refractivity contribution in [1.29, 1.82) is 0 Å². The third-order valence-electron chi connectivity index (χ3n) is 0.389. The van der Waals surface area contributed by atoms with E-state index in [2.05, 4.69) is 4.18 Å². The van der Waals surface area contributed by atoms with Gasteiger partial charge in [0.25, 0.3) is 0 Å². The minimum atomic E-state index is -4.65. The number of hydrogen-bond donors (Lipinski definition) is 3. The van der Waals surface area contributed by atoms with Gasteiger partial charge in [0.05, 0.1) is 6.61 Å². The lowest BCUT2D eigenvalue weighted by Crippen LogP contribution is -2.20. The van der Waals surface area contributed by atoms with Crippen LogP contribution in [-0.2, 0) is 14.6 Å². The zero-order chi connectivity index (χ0) is 7.49. The zero-order valence-electron chi connectivity index (χ0n) is 4.26. The Labute approximate surface area is 51.6 Å². The maximum Gasteiger partial charge on any atom is 0.399 e. The molecular formula is C2H6O6S. The summed E-state index contributed by atoms with van der Waals surface area (Å²) < 4.78 is 30.5. The minimum absolute atomic E-state index is 0.889. The Morgan fingerprint density at radius 1 is 1.56 bits per heavy atom. The highest BCUT2D eigenvalue weighted by Crippen LogP contribution is 1.90. The third kappa shape index (κ3) is 5.66. The molecule has 0 fully saturated rings. The van der Waals surface area contributed by atoms with Crippen LogP contribution in [0.3, 0.4) is 0 Å². The lowest BCUT2D eigenvalue weighted by molar-refractivity contribution is -0.0564. The van der Waals surface area contributed by atoms with Crippen molar-refractivity contribution in [2.24, 2.45) is 0 Å². The van der Waals surface area contributed by atoms with Crippen molar-refractivity contribution < 1.29 is 27.4 Å². The summed E-state index contributed by atoms with van der Waals surface area (Å²) in [6, 6.07) is 0. The molecule has 0 aromatic rings. The summed E-state index contributed by atoms with van der Waals surface area (Å²) in [5.74, 6) is 0. The lowest BCUT2D eigenvalue weighted by Gasteiger charge is -2.02. The molecule has 0 saturated heterocycles. The second-order valence-electron chi connectivity index (χ2n) is 1.16. The first-order valence-electron chi connectivity index (χ1n) is 1.90. The van der Waals surface area contributed by atoms with Crippen LogP contribution in [0.4, 0.5) is 0 Å². The molecule has 0 aliphatic rings. The third-order valence-corrected chi connectivity index (χ3v) is 0.854. The van der Waals surface area contributed by atoms with E-state index in [-0.39, 0.29) is 0 Å². The van der Waals surface area contributed by atoms with Crippen molar-refractivity contribution in [2.75, 3.05) is 6.61 Å². The van der Waals surface area contributed by atoms with E-state index in [0.717, 1.165) is 0 Å². The largest absolute Gasteiger partial charge is 0.399 e. The van der Waals surface area contributed by atoms with Gasteiger partial charge in [-0.3, -0.25) is 4.55 Å². The molecule has 0 heterocycles. The Morgan fingerprint density at radius 2 is 2.00 bits per heavy atom. The molecule has 56 valence electrons. The van der Waals surface area contributed by atoms with Crippen LogP contribution in [0.2, 0.25) is 0 Å². The van der Waals surface area contributed by atoms with E-state index in [1.807, 2.05) is 0 Å². The molecule has 0 bridgehead atoms. The van der Waals surface area contributed by atoms with Crippen LogP contribution in [0.15, 0.2) is 0 Å². The standard InChI is InChI=1S/C2H6O6S/c3-1-2(4)8-9(5,6)7/h2-4H,1H2,(H,5,6,7). The summed E-state index contributed by atoms with van der Waals surface area (Å²) in [7, 11) is -4.65. The van der Waals surface area contributed by atoms with Crippen LogP contribution >= 0.6 is 0 Å². The van der Waals surface area contributed by atoms with Gasteiger partial charge in [-0.25, -0.2) is 4.18 Å². The SMILES string of the molecule is O=S(=O)(O)OC(O)CO. The van der Waals surface area contributed by atoms with Crippen LogP contribution in [-0.4, -0.2) is 36.1 Å². The molecule has 0 aromatic heterocycles. The van der Waals surface area contributed by atoms with Crippen LogP contribution in [0.5, 0.6) is 0 Å². The van der Waals surface area contributed by atoms with Crippen molar-refractivity contribution in [1.82, 2.24) is 0 Å². The van der Waals surface area contributed by atoms with E-state index in [0.29, 0.717) is 0 Å². The monoisotopic (exact) mass is 158 g/mol. The summed E-state index contributed by atoms with van der Waals surface area (Å²) in [5.41, 5.74) is 0. The molecule has 0 amide bonds. The predicted molar refractivity (Wildman–Crippen MR) is 25.7 cm³/mol. The van der Waals surface area contributed by atoms with E-state index in [4.69, 9.17) is 14.8 Å². The summed E-state index contributed by atoms with van der Waals surface area (Å²) in [6.07, 6.45) is -1.89. The van der Waals surface area contributed by atoms with Gasteiger partial charge in [-0.1, -0.05) is 0 Å². The summed E-state index contributed by atoms with van der Waals surface area (Å²) in [4.78, 5) is 0. The van der Waals surface area contributed by atoms with Gasteiger partial charge in [-0.15, -0.1) is 0 Å². The van der Waals surface area contributed by atoms with Gasteiger partial charge in [-0.2, -0.15) is 8.42 Å². The predicted octanol–water partition coefficient (Wildman–Crippen LogP) is -1.88. The maximum atomic E-state index is 9.66. The number of rotatable bonds is 3. The molecule has 9 heavy (non-hydrogen) atoms. The van der Waals surface area contributed by atoms with Crippen molar-refractivity contribution in [3.8, 4) is 0 Å². The van der Waals surface area contributed by atoms with E-state index >= 15 is 0 Å². The van der Waals surface area contributed by atoms with E-state index in [1.54, 1.807) is 0 Å². The van der Waals surface area contributed by atoms with E-state index in [1.165, 1.54) is 0 Å². The minimum Gasteiger partial charge on any atom is -0.391 e. The average Bonchev–Trinajstić information content (AvgIpc) is 1.62. The zero-order valence-corrected chi connectivity index (χ0v) is 5.08. The normalized spacial score (nSPS) is 15.4. The Kier molecular flexibility index (Phi) is 3.01. The van der Waals surface area contributed by atoms with Gasteiger partial charge in [0.1, 0.15) is 0 Å². The fraction of sp³-hybridized carbons (Fsp3) is 1.00. The fourth-order valence-corrected chi connectivity index (χ4v) is 0.512. The molecule has 7 heteroatoms. The second kappa shape index (κ2) is 3.08. The highest BCUT2D eigenvalue weighted by molar-refractivity contribution is 7.80. The first-order valence-corrected chi connectivity index (χ1v) is 3.27. The fourth-order valence-electron chi connectivity index (χ4n) is 0.171. The van der Waals surface area contributed by atoms with Gasteiger partial charge in [-0.05, 0) is 0 Å². The topological polar surface area (TPSA) is 104 Å². The van der Waals surface area contributed by atoms with Crippen molar-refractivity contribution >= 4 is 10.4 Å². The molecule has 1 unspecified atom stereocenters. The number of aliphatic hydroxyl groups excluding tert-OH is 2. The van der Waals surface area contributed by atoms with Gasteiger partial charge in [0.15, 0.2) is 6.29 Å². The molecule has 0 aromatic carbocycles. The number of aliphatic hydroxyl groups is 2. The molecule has 0 aliphatic carbocycles. The molecule has 1 atom stereocenters. The molecule has 6 nitrogen and oxygen atoms in total. The smallest absolute Gasteiger partial charge is 0.391 e.